The third-order valence-corrected chi connectivity index (χ3v) is 10.2. The van der Waals surface area contributed by atoms with Gasteiger partial charge in [0, 0.05) is 23.1 Å². The molecule has 0 heterocycles. The van der Waals surface area contributed by atoms with E-state index in [9.17, 15) is 18.0 Å². The Bertz CT molecular complexity index is 1540. The summed E-state index contributed by atoms with van der Waals surface area (Å²) in [6, 6.07) is 17.9. The number of nitrogens with zero attached hydrogens (tertiary/aromatic N) is 2. The normalized spacial score (nSPS) is 14.4. The van der Waals surface area contributed by atoms with Gasteiger partial charge < -0.3 is 19.7 Å². The lowest BCUT2D eigenvalue weighted by Gasteiger charge is -2.33. The number of nitrogens with one attached hydrogen (secondary N) is 1. The van der Waals surface area contributed by atoms with E-state index in [2.05, 4.69) is 21.2 Å². The predicted octanol–water partition coefficient (Wildman–Crippen LogP) is 5.84. The summed E-state index contributed by atoms with van der Waals surface area (Å²) in [7, 11) is -1.36. The predicted molar refractivity (Wildman–Crippen MR) is 174 cm³/mol. The first-order chi connectivity index (χ1) is 21.0. The number of carbonyl (C=O) groups is 2. The molecule has 1 atom stereocenters. The van der Waals surface area contributed by atoms with Crippen LogP contribution in [0.3, 0.4) is 0 Å². The van der Waals surface area contributed by atoms with Crippen molar-refractivity contribution in [3.63, 3.8) is 0 Å². The lowest BCUT2D eigenvalue weighted by atomic mass is 9.95. The summed E-state index contributed by atoms with van der Waals surface area (Å²) in [5, 5.41) is 3.12. The number of methoxy groups -OCH3 is 2. The Morgan fingerprint density at radius 2 is 1.57 bits per heavy atom. The van der Waals surface area contributed by atoms with E-state index in [1.54, 1.807) is 31.2 Å². The Labute approximate surface area is 268 Å². The van der Waals surface area contributed by atoms with Crippen LogP contribution in [0.1, 0.15) is 50.2 Å². The van der Waals surface area contributed by atoms with Crippen LogP contribution in [0.2, 0.25) is 0 Å². The van der Waals surface area contributed by atoms with Gasteiger partial charge >= 0.3 is 0 Å². The molecule has 3 aromatic carbocycles. The SMILES string of the molecule is COc1ccc(S(=O)(=O)N(CC(=O)N(Cc2ccc(Br)cc2)[C@H](C)C(=O)NC2CCCCC2)c2ccc(C)cc2)cc1OC. The molecule has 4 rings (SSSR count). The molecule has 1 saturated carbocycles. The van der Waals surface area contributed by atoms with Crippen LogP contribution in [0, 0.1) is 6.92 Å². The van der Waals surface area contributed by atoms with Crippen molar-refractivity contribution in [3.8, 4) is 11.5 Å². The number of hydrogen-bond donors (Lipinski definition) is 1. The molecule has 11 heteroatoms. The van der Waals surface area contributed by atoms with E-state index in [0.29, 0.717) is 11.4 Å². The average molecular weight is 687 g/mol. The van der Waals surface area contributed by atoms with Gasteiger partial charge in [0.2, 0.25) is 11.8 Å². The first-order valence-corrected chi connectivity index (χ1v) is 16.9. The summed E-state index contributed by atoms with van der Waals surface area (Å²) in [4.78, 5) is 29.1. The summed E-state index contributed by atoms with van der Waals surface area (Å²) in [6.45, 7) is 3.20. The quantitative estimate of drug-likeness (QED) is 0.257. The number of benzene rings is 3. The number of carbonyl (C=O) groups excluding carboxylic acids is 2. The van der Waals surface area contributed by atoms with Crippen molar-refractivity contribution in [3.05, 3.63) is 82.3 Å². The fraction of sp³-hybridized carbons (Fsp3) is 0.394. The number of hydrogen-bond acceptors (Lipinski definition) is 6. The fourth-order valence-electron chi connectivity index (χ4n) is 5.28. The summed E-state index contributed by atoms with van der Waals surface area (Å²) in [5.74, 6) is -0.146. The molecule has 0 aromatic heterocycles. The Hall–Kier alpha value is -3.57. The van der Waals surface area contributed by atoms with Crippen LogP contribution >= 0.6 is 15.9 Å². The number of aryl methyl sites for hydroxylation is 1. The highest BCUT2D eigenvalue weighted by atomic mass is 79.9. The van der Waals surface area contributed by atoms with Crippen molar-refractivity contribution >= 4 is 43.5 Å². The zero-order valence-electron chi connectivity index (χ0n) is 25.6. The van der Waals surface area contributed by atoms with Gasteiger partial charge in [0.25, 0.3) is 10.0 Å². The van der Waals surface area contributed by atoms with Gasteiger partial charge in [-0.15, -0.1) is 0 Å². The Kier molecular flexibility index (Phi) is 11.3. The van der Waals surface area contributed by atoms with Crippen LogP contribution in [0.15, 0.2) is 76.1 Å². The van der Waals surface area contributed by atoms with Crippen LogP contribution in [-0.4, -0.2) is 58.0 Å². The molecule has 0 aliphatic heterocycles. The monoisotopic (exact) mass is 685 g/mol. The van der Waals surface area contributed by atoms with Crippen LogP contribution in [0.5, 0.6) is 11.5 Å². The summed E-state index contributed by atoms with van der Waals surface area (Å²) < 4.78 is 41.0. The van der Waals surface area contributed by atoms with E-state index < -0.39 is 28.5 Å². The van der Waals surface area contributed by atoms with Crippen LogP contribution < -0.4 is 19.1 Å². The molecule has 1 aliphatic rings. The lowest BCUT2D eigenvalue weighted by molar-refractivity contribution is -0.139. The van der Waals surface area contributed by atoms with Crippen molar-refractivity contribution in [1.29, 1.82) is 0 Å². The molecule has 0 saturated heterocycles. The maximum atomic E-state index is 14.2. The van der Waals surface area contributed by atoms with Gasteiger partial charge in [-0.3, -0.25) is 13.9 Å². The van der Waals surface area contributed by atoms with Crippen molar-refractivity contribution in [1.82, 2.24) is 10.2 Å². The van der Waals surface area contributed by atoms with E-state index in [-0.39, 0.29) is 29.1 Å². The van der Waals surface area contributed by atoms with Gasteiger partial charge in [0.1, 0.15) is 12.6 Å². The zero-order chi connectivity index (χ0) is 31.9. The van der Waals surface area contributed by atoms with Crippen LogP contribution in [-0.2, 0) is 26.2 Å². The van der Waals surface area contributed by atoms with Crippen molar-refractivity contribution in [2.45, 2.75) is 69.5 Å². The summed E-state index contributed by atoms with van der Waals surface area (Å²) in [6.07, 6.45) is 5.08. The molecular weight excluding hydrogens is 646 g/mol. The average Bonchev–Trinajstić information content (AvgIpc) is 3.03. The smallest absolute Gasteiger partial charge is 0.264 e. The van der Waals surface area contributed by atoms with Gasteiger partial charge in [0.05, 0.1) is 24.8 Å². The number of halogens is 1. The topological polar surface area (TPSA) is 105 Å². The number of sulfonamides is 1. The highest BCUT2D eigenvalue weighted by Gasteiger charge is 2.33. The molecule has 0 unspecified atom stereocenters. The molecule has 1 aliphatic carbocycles. The second-order valence-corrected chi connectivity index (χ2v) is 13.8. The Morgan fingerprint density at radius 1 is 0.932 bits per heavy atom. The van der Waals surface area contributed by atoms with E-state index in [1.165, 1.54) is 37.3 Å². The summed E-state index contributed by atoms with van der Waals surface area (Å²) >= 11 is 3.44. The van der Waals surface area contributed by atoms with Crippen molar-refractivity contribution < 1.29 is 27.5 Å². The third kappa shape index (κ3) is 8.12. The van der Waals surface area contributed by atoms with Crippen LogP contribution in [0.4, 0.5) is 5.69 Å². The van der Waals surface area contributed by atoms with Gasteiger partial charge in [-0.1, -0.05) is 65.0 Å². The third-order valence-electron chi connectivity index (χ3n) is 7.93. The molecule has 0 radical (unpaired) electrons. The first-order valence-electron chi connectivity index (χ1n) is 14.7. The minimum absolute atomic E-state index is 0.0638. The van der Waals surface area contributed by atoms with Gasteiger partial charge in [-0.05, 0) is 68.7 Å². The number of anilines is 1. The lowest BCUT2D eigenvalue weighted by Crippen LogP contribution is -2.53. The Morgan fingerprint density at radius 3 is 2.18 bits per heavy atom. The fourth-order valence-corrected chi connectivity index (χ4v) is 6.98. The second-order valence-electron chi connectivity index (χ2n) is 11.0. The van der Waals surface area contributed by atoms with E-state index in [0.717, 1.165) is 52.0 Å². The van der Waals surface area contributed by atoms with E-state index in [4.69, 9.17) is 9.47 Å². The number of amides is 2. The van der Waals surface area contributed by atoms with Crippen molar-refractivity contribution in [2.24, 2.45) is 0 Å². The van der Waals surface area contributed by atoms with Gasteiger partial charge in [0.15, 0.2) is 11.5 Å². The molecule has 1 N–H and O–H groups in total. The molecule has 44 heavy (non-hydrogen) atoms. The molecule has 2 amide bonds. The van der Waals surface area contributed by atoms with Gasteiger partial charge in [-0.2, -0.15) is 0 Å². The highest BCUT2D eigenvalue weighted by molar-refractivity contribution is 9.10. The standard InChI is InChI=1S/C33H40BrN3O6S/c1-23-10-16-28(17-11-23)37(44(40,41)29-18-19-30(42-3)31(20-29)43-4)22-32(38)36(21-25-12-14-26(34)15-13-25)24(2)33(39)35-27-8-6-5-7-9-27/h10-20,24,27H,5-9,21-22H2,1-4H3,(H,35,39)/t24-/m1/s1. The maximum Gasteiger partial charge on any atom is 0.264 e. The van der Waals surface area contributed by atoms with Crippen LogP contribution in [0.25, 0.3) is 0 Å². The van der Waals surface area contributed by atoms with Gasteiger partial charge in [-0.25, -0.2) is 8.42 Å². The minimum Gasteiger partial charge on any atom is -0.493 e. The molecule has 0 spiro atoms. The highest BCUT2D eigenvalue weighted by Crippen LogP contribution is 2.32. The van der Waals surface area contributed by atoms with Crippen molar-refractivity contribution in [2.75, 3.05) is 25.1 Å². The number of ether oxygens (including phenoxy) is 2. The Balaban J connectivity index is 1.70. The largest absolute Gasteiger partial charge is 0.493 e. The zero-order valence-corrected chi connectivity index (χ0v) is 28.0. The van der Waals surface area contributed by atoms with E-state index in [1.807, 2.05) is 31.2 Å². The molecule has 236 valence electrons. The number of rotatable bonds is 12. The second kappa shape index (κ2) is 14.9. The minimum atomic E-state index is -4.26. The molecule has 3 aromatic rings. The van der Waals surface area contributed by atoms with E-state index >= 15 is 0 Å². The molecule has 9 nitrogen and oxygen atoms in total. The molecule has 0 bridgehead atoms. The first kappa shape index (κ1) is 33.3. The molecule has 1 fully saturated rings. The maximum absolute atomic E-state index is 14.2. The summed E-state index contributed by atoms with van der Waals surface area (Å²) in [5.41, 5.74) is 2.07. The molecular formula is C33H40BrN3O6S.